The van der Waals surface area contributed by atoms with Crippen molar-refractivity contribution in [3.05, 3.63) is 105 Å². The highest BCUT2D eigenvalue weighted by Gasteiger charge is 2.21. The standard InChI is InChI=1S/C25H22N4O5/c30-24(18-4-2-1-3-5-18)19-6-11-22-23(16-19)34-25(31)28(22)17-26-12-14-27(15-13-26)20-7-9-21(10-8-20)29(32)33/h1-11,16H,12-15,17H2. The SMILES string of the molecule is O=C(c1ccccc1)c1ccc2c(c1)oc(=O)n2CN1CCN(c2ccc([N+](=O)[O-])cc2)CC1. The number of nitro groups is 1. The van der Waals surface area contributed by atoms with Crippen LogP contribution in [-0.4, -0.2) is 46.4 Å². The summed E-state index contributed by atoms with van der Waals surface area (Å²) in [5, 5.41) is 10.9. The molecule has 2 heterocycles. The van der Waals surface area contributed by atoms with Crippen LogP contribution < -0.4 is 10.7 Å². The summed E-state index contributed by atoms with van der Waals surface area (Å²) in [7, 11) is 0. The number of piperazine rings is 1. The Morgan fingerprint density at radius 3 is 2.29 bits per heavy atom. The molecule has 0 amide bonds. The summed E-state index contributed by atoms with van der Waals surface area (Å²) in [6, 6.07) is 20.6. The van der Waals surface area contributed by atoms with Crippen molar-refractivity contribution < 1.29 is 14.1 Å². The van der Waals surface area contributed by atoms with Gasteiger partial charge >= 0.3 is 5.76 Å². The lowest BCUT2D eigenvalue weighted by molar-refractivity contribution is -0.384. The van der Waals surface area contributed by atoms with Crippen molar-refractivity contribution >= 4 is 28.3 Å². The molecule has 9 nitrogen and oxygen atoms in total. The number of rotatable bonds is 6. The zero-order chi connectivity index (χ0) is 23.7. The molecule has 0 N–H and O–H groups in total. The molecule has 5 rings (SSSR count). The molecule has 34 heavy (non-hydrogen) atoms. The van der Waals surface area contributed by atoms with Crippen LogP contribution in [0.5, 0.6) is 0 Å². The maximum Gasteiger partial charge on any atom is 0.421 e. The van der Waals surface area contributed by atoms with Crippen LogP contribution in [0.15, 0.2) is 82.0 Å². The maximum atomic E-state index is 12.7. The number of carbonyl (C=O) groups is 1. The summed E-state index contributed by atoms with van der Waals surface area (Å²) in [6.45, 7) is 3.30. The minimum atomic E-state index is -0.461. The van der Waals surface area contributed by atoms with E-state index in [1.807, 2.05) is 18.2 Å². The van der Waals surface area contributed by atoms with Crippen molar-refractivity contribution in [2.75, 3.05) is 31.1 Å². The molecule has 0 radical (unpaired) electrons. The van der Waals surface area contributed by atoms with Crippen LogP contribution in [0.1, 0.15) is 15.9 Å². The number of hydrogen-bond donors (Lipinski definition) is 0. The molecule has 4 aromatic rings. The topological polar surface area (TPSA) is 102 Å². The fourth-order valence-electron chi connectivity index (χ4n) is 4.23. The Labute approximate surface area is 194 Å². The maximum absolute atomic E-state index is 12.7. The van der Waals surface area contributed by atoms with Crippen LogP contribution in [0.3, 0.4) is 0 Å². The molecule has 1 aromatic heterocycles. The molecule has 1 saturated heterocycles. The average Bonchev–Trinajstić information content (AvgIpc) is 3.18. The highest BCUT2D eigenvalue weighted by molar-refractivity contribution is 6.10. The van der Waals surface area contributed by atoms with Crippen LogP contribution >= 0.6 is 0 Å². The third kappa shape index (κ3) is 4.20. The summed E-state index contributed by atoms with van der Waals surface area (Å²) in [6.07, 6.45) is 0. The van der Waals surface area contributed by atoms with Gasteiger partial charge in [0.15, 0.2) is 11.4 Å². The minimum absolute atomic E-state index is 0.0715. The van der Waals surface area contributed by atoms with Gasteiger partial charge in [-0.2, -0.15) is 0 Å². The Bertz CT molecular complexity index is 1400. The van der Waals surface area contributed by atoms with E-state index >= 15 is 0 Å². The highest BCUT2D eigenvalue weighted by atomic mass is 16.6. The van der Waals surface area contributed by atoms with Crippen molar-refractivity contribution in [2.45, 2.75) is 6.67 Å². The van der Waals surface area contributed by atoms with Crippen molar-refractivity contribution in [3.8, 4) is 0 Å². The first-order valence-electron chi connectivity index (χ1n) is 10.9. The molecule has 172 valence electrons. The van der Waals surface area contributed by atoms with E-state index in [0.29, 0.717) is 28.9 Å². The fraction of sp³-hybridized carbons (Fsp3) is 0.200. The summed E-state index contributed by atoms with van der Waals surface area (Å²) in [5.74, 6) is -0.586. The van der Waals surface area contributed by atoms with Crippen LogP contribution in [0.2, 0.25) is 0 Å². The number of nitro benzene ring substituents is 1. The second kappa shape index (κ2) is 8.95. The number of nitrogens with zero attached hydrogens (tertiary/aromatic N) is 4. The van der Waals surface area contributed by atoms with Crippen molar-refractivity contribution in [1.82, 2.24) is 9.47 Å². The number of non-ortho nitro benzene ring substituents is 1. The van der Waals surface area contributed by atoms with Crippen molar-refractivity contribution in [3.63, 3.8) is 0 Å². The summed E-state index contributed by atoms with van der Waals surface area (Å²) >= 11 is 0. The minimum Gasteiger partial charge on any atom is -0.408 e. The molecule has 0 aliphatic carbocycles. The number of anilines is 1. The zero-order valence-electron chi connectivity index (χ0n) is 18.3. The molecule has 1 fully saturated rings. The van der Waals surface area contributed by atoms with E-state index in [2.05, 4.69) is 9.80 Å². The second-order valence-corrected chi connectivity index (χ2v) is 8.19. The van der Waals surface area contributed by atoms with Gasteiger partial charge in [0.05, 0.1) is 17.1 Å². The Balaban J connectivity index is 1.28. The largest absolute Gasteiger partial charge is 0.421 e. The van der Waals surface area contributed by atoms with Gasteiger partial charge in [0.1, 0.15) is 0 Å². The molecule has 0 spiro atoms. The zero-order valence-corrected chi connectivity index (χ0v) is 18.3. The normalized spacial score (nSPS) is 14.4. The van der Waals surface area contributed by atoms with Gasteiger partial charge in [-0.15, -0.1) is 0 Å². The predicted molar refractivity (Wildman–Crippen MR) is 127 cm³/mol. The molecule has 1 aliphatic rings. The first-order chi connectivity index (χ1) is 16.5. The van der Waals surface area contributed by atoms with Gasteiger partial charge in [-0.25, -0.2) is 4.79 Å². The number of carbonyl (C=O) groups excluding carboxylic acids is 1. The lowest BCUT2D eigenvalue weighted by Crippen LogP contribution is -2.47. The van der Waals surface area contributed by atoms with E-state index < -0.39 is 10.7 Å². The van der Waals surface area contributed by atoms with E-state index in [4.69, 9.17) is 4.42 Å². The van der Waals surface area contributed by atoms with E-state index in [1.165, 1.54) is 12.1 Å². The highest BCUT2D eigenvalue weighted by Crippen LogP contribution is 2.22. The predicted octanol–water partition coefficient (Wildman–Crippen LogP) is 3.51. The Hall–Kier alpha value is -4.24. The Morgan fingerprint density at radius 1 is 0.912 bits per heavy atom. The third-order valence-electron chi connectivity index (χ3n) is 6.11. The van der Waals surface area contributed by atoms with E-state index in [1.54, 1.807) is 47.0 Å². The van der Waals surface area contributed by atoms with Crippen LogP contribution in [0.4, 0.5) is 11.4 Å². The number of ketones is 1. The Morgan fingerprint density at radius 2 is 1.62 bits per heavy atom. The summed E-state index contributed by atoms with van der Waals surface area (Å²) in [5.41, 5.74) is 3.09. The van der Waals surface area contributed by atoms with Gasteiger partial charge in [0.2, 0.25) is 0 Å². The average molecular weight is 458 g/mol. The van der Waals surface area contributed by atoms with Gasteiger partial charge < -0.3 is 9.32 Å². The van der Waals surface area contributed by atoms with Crippen molar-refractivity contribution in [2.24, 2.45) is 0 Å². The number of hydrogen-bond acceptors (Lipinski definition) is 7. The third-order valence-corrected chi connectivity index (χ3v) is 6.11. The molecule has 9 heteroatoms. The monoisotopic (exact) mass is 458 g/mol. The van der Waals surface area contributed by atoms with Gasteiger partial charge in [-0.1, -0.05) is 30.3 Å². The van der Waals surface area contributed by atoms with Gasteiger partial charge in [0.25, 0.3) is 5.69 Å². The summed E-state index contributed by atoms with van der Waals surface area (Å²) in [4.78, 5) is 40.0. The molecule has 3 aromatic carbocycles. The van der Waals surface area contributed by atoms with Gasteiger partial charge in [-0.3, -0.25) is 24.4 Å². The second-order valence-electron chi connectivity index (χ2n) is 8.19. The first-order valence-corrected chi connectivity index (χ1v) is 10.9. The lowest BCUT2D eigenvalue weighted by atomic mass is 10.0. The lowest BCUT2D eigenvalue weighted by Gasteiger charge is -2.36. The molecule has 1 aliphatic heterocycles. The number of fused-ring (bicyclic) bond motifs is 1. The van der Waals surface area contributed by atoms with Crippen LogP contribution in [-0.2, 0) is 6.67 Å². The van der Waals surface area contributed by atoms with E-state index in [-0.39, 0.29) is 11.5 Å². The quantitative estimate of drug-likeness (QED) is 0.247. The fourth-order valence-corrected chi connectivity index (χ4v) is 4.23. The van der Waals surface area contributed by atoms with E-state index in [0.717, 1.165) is 31.9 Å². The molecule has 0 saturated carbocycles. The summed E-state index contributed by atoms with van der Waals surface area (Å²) < 4.78 is 7.03. The van der Waals surface area contributed by atoms with E-state index in [9.17, 15) is 19.7 Å². The molecule has 0 unspecified atom stereocenters. The van der Waals surface area contributed by atoms with Crippen LogP contribution in [0, 0.1) is 10.1 Å². The number of oxazole rings is 1. The Kier molecular flexibility index (Phi) is 5.69. The number of benzene rings is 3. The van der Waals surface area contributed by atoms with Crippen LogP contribution in [0.25, 0.3) is 11.1 Å². The smallest absolute Gasteiger partial charge is 0.408 e. The molecule has 0 bridgehead atoms. The van der Waals surface area contributed by atoms with Gasteiger partial charge in [-0.05, 0) is 30.3 Å². The number of aromatic nitrogens is 1. The first kappa shape index (κ1) is 21.6. The van der Waals surface area contributed by atoms with Crippen molar-refractivity contribution in [1.29, 1.82) is 0 Å². The van der Waals surface area contributed by atoms with Gasteiger partial charge in [0, 0.05) is 55.1 Å². The molecular weight excluding hydrogens is 436 g/mol. The molecule has 0 atom stereocenters. The molecular formula is C25H22N4O5.